The zero-order valence-electron chi connectivity index (χ0n) is 19.4. The lowest BCUT2D eigenvalue weighted by atomic mass is 9.84. The number of anilines is 2. The SMILES string of the molecule is CN1C(=O)Cc2ccccc2-c2c(N)cc(C(=O)[C@H](CC3CC3)[C@@H](O)CCc3ccco3)cc21. The Balaban J connectivity index is 1.48. The van der Waals surface area contributed by atoms with Gasteiger partial charge in [-0.3, -0.25) is 9.59 Å². The molecule has 2 heterocycles. The Morgan fingerprint density at radius 1 is 1.21 bits per heavy atom. The fraction of sp³-hybridized carbons (Fsp3) is 0.357. The Labute approximate surface area is 199 Å². The molecule has 1 amide bonds. The van der Waals surface area contributed by atoms with Gasteiger partial charge in [-0.2, -0.15) is 0 Å². The Kier molecular flexibility index (Phi) is 6.00. The number of hydrogen-bond acceptors (Lipinski definition) is 5. The van der Waals surface area contributed by atoms with Crippen LogP contribution in [0.2, 0.25) is 0 Å². The molecule has 1 saturated carbocycles. The van der Waals surface area contributed by atoms with Gasteiger partial charge < -0.3 is 20.2 Å². The number of aliphatic hydroxyl groups is 1. The zero-order chi connectivity index (χ0) is 23.8. The minimum Gasteiger partial charge on any atom is -0.469 e. The van der Waals surface area contributed by atoms with Crippen LogP contribution in [0, 0.1) is 11.8 Å². The number of rotatable bonds is 8. The summed E-state index contributed by atoms with van der Waals surface area (Å²) >= 11 is 0. The lowest BCUT2D eigenvalue weighted by Crippen LogP contribution is -2.30. The second-order valence-electron chi connectivity index (χ2n) is 9.58. The molecule has 34 heavy (non-hydrogen) atoms. The van der Waals surface area contributed by atoms with Gasteiger partial charge in [0.1, 0.15) is 5.76 Å². The average molecular weight is 459 g/mol. The molecule has 0 unspecified atom stereocenters. The number of Topliss-reactive ketones (excluding diaryl/α,β-unsaturated/α-hetero) is 1. The third kappa shape index (κ3) is 4.38. The zero-order valence-corrected chi connectivity index (χ0v) is 19.4. The fourth-order valence-corrected chi connectivity index (χ4v) is 4.99. The normalized spacial score (nSPS) is 17.0. The molecule has 1 fully saturated rings. The molecule has 0 radical (unpaired) electrons. The summed E-state index contributed by atoms with van der Waals surface area (Å²) in [7, 11) is 1.72. The van der Waals surface area contributed by atoms with Crippen molar-refractivity contribution in [2.24, 2.45) is 11.8 Å². The molecule has 1 aromatic heterocycles. The van der Waals surface area contributed by atoms with Crippen LogP contribution in [0.4, 0.5) is 11.4 Å². The maximum atomic E-state index is 13.7. The van der Waals surface area contributed by atoms with E-state index in [-0.39, 0.29) is 18.1 Å². The van der Waals surface area contributed by atoms with E-state index in [4.69, 9.17) is 10.2 Å². The van der Waals surface area contributed by atoms with Crippen LogP contribution in [0.5, 0.6) is 0 Å². The van der Waals surface area contributed by atoms with Crippen LogP contribution < -0.4 is 10.6 Å². The van der Waals surface area contributed by atoms with Gasteiger partial charge in [-0.05, 0) is 54.2 Å². The number of ketones is 1. The smallest absolute Gasteiger partial charge is 0.231 e. The van der Waals surface area contributed by atoms with Gasteiger partial charge >= 0.3 is 0 Å². The number of amides is 1. The number of nitrogens with zero attached hydrogens (tertiary/aromatic N) is 1. The van der Waals surface area contributed by atoms with Crippen molar-refractivity contribution in [1.82, 2.24) is 0 Å². The molecule has 1 aliphatic heterocycles. The first-order chi connectivity index (χ1) is 16.4. The number of aryl methyl sites for hydroxylation is 1. The van der Waals surface area contributed by atoms with Crippen molar-refractivity contribution in [2.45, 2.75) is 44.6 Å². The van der Waals surface area contributed by atoms with E-state index in [0.717, 1.165) is 35.3 Å². The molecule has 6 heteroatoms. The summed E-state index contributed by atoms with van der Waals surface area (Å²) in [5.41, 5.74) is 10.7. The first kappa shape index (κ1) is 22.4. The third-order valence-electron chi connectivity index (χ3n) is 7.15. The molecule has 176 valence electrons. The van der Waals surface area contributed by atoms with Crippen molar-refractivity contribution in [3.8, 4) is 11.1 Å². The highest BCUT2D eigenvalue weighted by molar-refractivity contribution is 6.08. The van der Waals surface area contributed by atoms with Gasteiger partial charge in [0.2, 0.25) is 5.91 Å². The lowest BCUT2D eigenvalue weighted by Gasteiger charge is -2.24. The van der Waals surface area contributed by atoms with E-state index in [0.29, 0.717) is 42.1 Å². The number of benzene rings is 2. The first-order valence-corrected chi connectivity index (χ1v) is 12.0. The van der Waals surface area contributed by atoms with Gasteiger partial charge in [-0.25, -0.2) is 0 Å². The Morgan fingerprint density at radius 3 is 2.74 bits per heavy atom. The molecule has 6 nitrogen and oxygen atoms in total. The number of fused-ring (bicyclic) bond motifs is 3. The van der Waals surface area contributed by atoms with Crippen LogP contribution in [-0.4, -0.2) is 29.9 Å². The molecule has 3 aromatic rings. The largest absolute Gasteiger partial charge is 0.469 e. The number of likely N-dealkylation sites (N-methyl/N-ethyl adjacent to an activating group) is 1. The number of hydrogen-bond donors (Lipinski definition) is 2. The van der Waals surface area contributed by atoms with E-state index in [1.54, 1.807) is 30.3 Å². The monoisotopic (exact) mass is 458 g/mol. The highest BCUT2D eigenvalue weighted by Gasteiger charge is 2.35. The van der Waals surface area contributed by atoms with E-state index < -0.39 is 12.0 Å². The van der Waals surface area contributed by atoms with Crippen LogP contribution in [-0.2, 0) is 17.6 Å². The standard InChI is InChI=1S/C28H30N2O4/c1-30-24-15-19(14-23(29)27(24)21-7-3-2-5-18(21)16-26(30)32)28(33)22(13-17-8-9-17)25(31)11-10-20-6-4-12-34-20/h2-7,12,14-15,17,22,25,31H,8-11,13,16,29H2,1H3/t22-,25+/m1/s1. The van der Waals surface area contributed by atoms with Crippen LogP contribution in [0.25, 0.3) is 11.1 Å². The highest BCUT2D eigenvalue weighted by Crippen LogP contribution is 2.43. The lowest BCUT2D eigenvalue weighted by molar-refractivity contribution is -0.117. The molecular formula is C28H30N2O4. The number of nitrogen functional groups attached to an aromatic ring is 1. The maximum absolute atomic E-state index is 13.7. The predicted molar refractivity (Wildman–Crippen MR) is 132 cm³/mol. The maximum Gasteiger partial charge on any atom is 0.231 e. The predicted octanol–water partition coefficient (Wildman–Crippen LogP) is 4.64. The molecular weight excluding hydrogens is 428 g/mol. The number of furan rings is 1. The highest BCUT2D eigenvalue weighted by atomic mass is 16.3. The number of carbonyl (C=O) groups excluding carboxylic acids is 2. The molecule has 2 aromatic carbocycles. The Bertz CT molecular complexity index is 1210. The van der Waals surface area contributed by atoms with E-state index in [1.165, 1.54) is 0 Å². The van der Waals surface area contributed by atoms with E-state index in [2.05, 4.69) is 0 Å². The third-order valence-corrected chi connectivity index (χ3v) is 7.15. The molecule has 2 aliphatic rings. The average Bonchev–Trinajstić information content (AvgIpc) is 3.52. The molecule has 2 atom stereocenters. The number of aliphatic hydroxyl groups excluding tert-OH is 1. The summed E-state index contributed by atoms with van der Waals surface area (Å²) in [6.45, 7) is 0. The van der Waals surface area contributed by atoms with E-state index in [9.17, 15) is 14.7 Å². The van der Waals surface area contributed by atoms with Gasteiger partial charge in [-0.1, -0.05) is 37.1 Å². The van der Waals surface area contributed by atoms with Crippen molar-refractivity contribution < 1.29 is 19.1 Å². The summed E-state index contributed by atoms with van der Waals surface area (Å²) in [6, 6.07) is 14.9. The minimum absolute atomic E-state index is 0.0526. The second-order valence-corrected chi connectivity index (χ2v) is 9.58. The molecule has 0 saturated heterocycles. The summed E-state index contributed by atoms with van der Waals surface area (Å²) in [5.74, 6) is 0.584. The molecule has 3 N–H and O–H groups in total. The van der Waals surface area contributed by atoms with Gasteiger partial charge in [0.25, 0.3) is 0 Å². The van der Waals surface area contributed by atoms with Crippen molar-refractivity contribution in [1.29, 1.82) is 0 Å². The van der Waals surface area contributed by atoms with Crippen molar-refractivity contribution in [3.05, 3.63) is 71.7 Å². The van der Waals surface area contributed by atoms with Crippen LogP contribution >= 0.6 is 0 Å². The number of nitrogens with two attached hydrogens (primary N) is 1. The summed E-state index contributed by atoms with van der Waals surface area (Å²) < 4.78 is 5.39. The van der Waals surface area contributed by atoms with Crippen molar-refractivity contribution >= 4 is 23.1 Å². The van der Waals surface area contributed by atoms with Gasteiger partial charge in [0.05, 0.1) is 24.5 Å². The fourth-order valence-electron chi connectivity index (χ4n) is 4.99. The molecule has 1 aliphatic carbocycles. The molecule has 5 rings (SSSR count). The van der Waals surface area contributed by atoms with Gasteiger partial charge in [-0.15, -0.1) is 0 Å². The van der Waals surface area contributed by atoms with Crippen LogP contribution in [0.15, 0.2) is 59.2 Å². The van der Waals surface area contributed by atoms with Crippen molar-refractivity contribution in [3.63, 3.8) is 0 Å². The Hall–Kier alpha value is -3.38. The minimum atomic E-state index is -0.779. The summed E-state index contributed by atoms with van der Waals surface area (Å²) in [6.07, 6.45) is 4.98. The topological polar surface area (TPSA) is 96.8 Å². The van der Waals surface area contributed by atoms with Crippen LogP contribution in [0.3, 0.4) is 0 Å². The Morgan fingerprint density at radius 2 is 2.00 bits per heavy atom. The van der Waals surface area contributed by atoms with Crippen LogP contribution in [0.1, 0.15) is 47.4 Å². The summed E-state index contributed by atoms with van der Waals surface area (Å²) in [5, 5.41) is 11.0. The van der Waals surface area contributed by atoms with Gasteiger partial charge in [0.15, 0.2) is 5.78 Å². The quantitative estimate of drug-likeness (QED) is 0.379. The second kappa shape index (κ2) is 9.11. The molecule has 0 spiro atoms. The molecule has 0 bridgehead atoms. The summed E-state index contributed by atoms with van der Waals surface area (Å²) in [4.78, 5) is 28.2. The van der Waals surface area contributed by atoms with E-state index in [1.807, 2.05) is 36.4 Å². The van der Waals surface area contributed by atoms with Crippen molar-refractivity contribution in [2.75, 3.05) is 17.7 Å². The number of carbonyl (C=O) groups is 2. The van der Waals surface area contributed by atoms with Gasteiger partial charge in [0, 0.05) is 36.2 Å². The van der Waals surface area contributed by atoms with E-state index >= 15 is 0 Å². The first-order valence-electron chi connectivity index (χ1n) is 12.0.